The fraction of sp³-hybridized carbons (Fsp3) is 0.483. The molecular weight excluding hydrogens is 488 g/mol. The van der Waals surface area contributed by atoms with Gasteiger partial charge in [-0.05, 0) is 49.4 Å². The van der Waals surface area contributed by atoms with E-state index in [1.165, 1.54) is 0 Å². The lowest BCUT2D eigenvalue weighted by Crippen LogP contribution is -2.45. The van der Waals surface area contributed by atoms with Crippen LogP contribution in [0.1, 0.15) is 50.7 Å². The van der Waals surface area contributed by atoms with Crippen LogP contribution >= 0.6 is 0 Å². The smallest absolute Gasteiger partial charge is 0.407 e. The zero-order chi connectivity index (χ0) is 27.5. The van der Waals surface area contributed by atoms with Gasteiger partial charge in [-0.2, -0.15) is 0 Å². The molecule has 206 valence electrons. The van der Waals surface area contributed by atoms with Crippen molar-refractivity contribution in [3.63, 3.8) is 0 Å². The van der Waals surface area contributed by atoms with E-state index in [0.717, 1.165) is 22.3 Å². The number of esters is 1. The van der Waals surface area contributed by atoms with Crippen LogP contribution in [0.25, 0.3) is 11.1 Å². The molecule has 9 nitrogen and oxygen atoms in total. The van der Waals surface area contributed by atoms with Crippen molar-refractivity contribution in [3.8, 4) is 11.1 Å². The van der Waals surface area contributed by atoms with E-state index >= 15 is 0 Å². The van der Waals surface area contributed by atoms with Crippen molar-refractivity contribution in [1.29, 1.82) is 0 Å². The summed E-state index contributed by atoms with van der Waals surface area (Å²) in [7, 11) is 1.59. The van der Waals surface area contributed by atoms with Crippen LogP contribution in [0.4, 0.5) is 4.79 Å². The number of methoxy groups -OCH3 is 1. The number of hydrogen-bond acceptors (Lipinski definition) is 7. The highest BCUT2D eigenvalue weighted by Crippen LogP contribution is 2.44. The number of hydrogen-bond donors (Lipinski definition) is 2. The third-order valence-electron chi connectivity index (χ3n) is 5.99. The quantitative estimate of drug-likeness (QED) is 0.302. The standard InChI is InChI=1S/C29H38N2O7/c1-29(2,3)38-27(33)25(13-14-26(32)30-15-16-36-18-17-35-4)31-28(34)37-19-24-22-11-7-5-9-20(22)21-10-6-8-12-23(21)24/h5-12,24-25H,13-19H2,1-4H3,(H,30,32)(H,31,34)/t25-/m0/s1. The number of carbonyl (C=O) groups excluding carboxylic acids is 3. The molecule has 0 unspecified atom stereocenters. The van der Waals surface area contributed by atoms with Crippen LogP contribution in [0, 0.1) is 0 Å². The minimum Gasteiger partial charge on any atom is -0.458 e. The maximum Gasteiger partial charge on any atom is 0.407 e. The average molecular weight is 527 g/mol. The number of rotatable bonds is 13. The van der Waals surface area contributed by atoms with Crippen LogP contribution in [0.3, 0.4) is 0 Å². The van der Waals surface area contributed by atoms with Crippen LogP contribution in [0.2, 0.25) is 0 Å². The summed E-state index contributed by atoms with van der Waals surface area (Å²) in [6.07, 6.45) is -0.657. The number of carbonyl (C=O) groups is 3. The van der Waals surface area contributed by atoms with Gasteiger partial charge in [0.05, 0.1) is 19.8 Å². The number of fused-ring (bicyclic) bond motifs is 3. The number of benzene rings is 2. The van der Waals surface area contributed by atoms with Crippen LogP contribution < -0.4 is 10.6 Å². The summed E-state index contributed by atoms with van der Waals surface area (Å²) in [5.41, 5.74) is 3.68. The Balaban J connectivity index is 1.55. The first kappa shape index (κ1) is 29.1. The predicted molar refractivity (Wildman–Crippen MR) is 143 cm³/mol. The third-order valence-corrected chi connectivity index (χ3v) is 5.99. The molecule has 1 aliphatic rings. The molecule has 9 heteroatoms. The van der Waals surface area contributed by atoms with E-state index in [4.69, 9.17) is 18.9 Å². The van der Waals surface area contributed by atoms with Gasteiger partial charge in [-0.3, -0.25) is 4.79 Å². The van der Waals surface area contributed by atoms with Crippen molar-refractivity contribution in [3.05, 3.63) is 59.7 Å². The molecule has 3 rings (SSSR count). The number of amides is 2. The molecule has 2 amide bonds. The number of ether oxygens (including phenoxy) is 4. The van der Waals surface area contributed by atoms with Gasteiger partial charge in [0.2, 0.25) is 5.91 Å². The van der Waals surface area contributed by atoms with Crippen LogP contribution in [-0.2, 0) is 28.5 Å². The molecule has 0 spiro atoms. The van der Waals surface area contributed by atoms with Gasteiger partial charge in [0, 0.05) is 26.0 Å². The molecular formula is C29H38N2O7. The lowest BCUT2D eigenvalue weighted by Gasteiger charge is -2.24. The lowest BCUT2D eigenvalue weighted by atomic mass is 9.98. The molecule has 1 atom stereocenters. The van der Waals surface area contributed by atoms with Crippen LogP contribution in [-0.4, -0.2) is 69.7 Å². The molecule has 1 aliphatic carbocycles. The van der Waals surface area contributed by atoms with E-state index in [-0.39, 0.29) is 31.3 Å². The van der Waals surface area contributed by atoms with Crippen molar-refractivity contribution < 1.29 is 33.3 Å². The number of nitrogens with one attached hydrogen (secondary N) is 2. The highest BCUT2D eigenvalue weighted by atomic mass is 16.6. The lowest BCUT2D eigenvalue weighted by molar-refractivity contribution is -0.157. The van der Waals surface area contributed by atoms with Gasteiger partial charge in [0.1, 0.15) is 18.2 Å². The minimum absolute atomic E-state index is 0.0195. The fourth-order valence-electron chi connectivity index (χ4n) is 4.27. The second-order valence-electron chi connectivity index (χ2n) is 10.0. The maximum atomic E-state index is 12.8. The van der Waals surface area contributed by atoms with E-state index in [1.54, 1.807) is 27.9 Å². The molecule has 0 aliphatic heterocycles. The average Bonchev–Trinajstić information content (AvgIpc) is 3.20. The largest absolute Gasteiger partial charge is 0.458 e. The van der Waals surface area contributed by atoms with E-state index in [1.807, 2.05) is 36.4 Å². The summed E-state index contributed by atoms with van der Waals surface area (Å²) in [5, 5.41) is 5.34. The molecule has 0 fully saturated rings. The minimum atomic E-state index is -1.03. The Morgan fingerprint density at radius 2 is 1.55 bits per heavy atom. The van der Waals surface area contributed by atoms with Crippen molar-refractivity contribution in [2.24, 2.45) is 0 Å². The molecule has 38 heavy (non-hydrogen) atoms. The fourth-order valence-corrected chi connectivity index (χ4v) is 4.27. The Labute approximate surface area is 224 Å². The molecule has 0 heterocycles. The van der Waals surface area contributed by atoms with Crippen molar-refractivity contribution >= 4 is 18.0 Å². The van der Waals surface area contributed by atoms with Gasteiger partial charge in [0.25, 0.3) is 0 Å². The zero-order valence-corrected chi connectivity index (χ0v) is 22.6. The van der Waals surface area contributed by atoms with Gasteiger partial charge < -0.3 is 29.6 Å². The molecule has 2 N–H and O–H groups in total. The van der Waals surface area contributed by atoms with Crippen LogP contribution in [0.5, 0.6) is 0 Å². The van der Waals surface area contributed by atoms with Gasteiger partial charge in [0.15, 0.2) is 0 Å². The van der Waals surface area contributed by atoms with Crippen LogP contribution in [0.15, 0.2) is 48.5 Å². The normalized spacial score (nSPS) is 13.3. The molecule has 2 aromatic rings. The summed E-state index contributed by atoms with van der Waals surface area (Å²) >= 11 is 0. The van der Waals surface area contributed by atoms with Crippen molar-refractivity contribution in [2.75, 3.05) is 40.1 Å². The highest BCUT2D eigenvalue weighted by Gasteiger charge is 2.31. The summed E-state index contributed by atoms with van der Waals surface area (Å²) in [5.74, 6) is -0.991. The van der Waals surface area contributed by atoms with Crippen molar-refractivity contribution in [2.45, 2.75) is 51.2 Å². The Hall–Kier alpha value is -3.43. The first-order chi connectivity index (χ1) is 18.2. The van der Waals surface area contributed by atoms with E-state index in [9.17, 15) is 14.4 Å². The zero-order valence-electron chi connectivity index (χ0n) is 22.6. The molecule has 0 radical (unpaired) electrons. The first-order valence-electron chi connectivity index (χ1n) is 12.9. The maximum absolute atomic E-state index is 12.8. The van der Waals surface area contributed by atoms with Gasteiger partial charge in [-0.15, -0.1) is 0 Å². The summed E-state index contributed by atoms with van der Waals surface area (Å²) in [4.78, 5) is 37.9. The van der Waals surface area contributed by atoms with E-state index in [0.29, 0.717) is 26.4 Å². The van der Waals surface area contributed by atoms with Gasteiger partial charge in [-0.1, -0.05) is 48.5 Å². The monoisotopic (exact) mass is 526 g/mol. The highest BCUT2D eigenvalue weighted by molar-refractivity contribution is 5.83. The number of alkyl carbamates (subject to hydrolysis) is 1. The Kier molecular flexibility index (Phi) is 10.7. The Bertz CT molecular complexity index is 1050. The van der Waals surface area contributed by atoms with Gasteiger partial charge >= 0.3 is 12.1 Å². The third kappa shape index (κ3) is 8.56. The Morgan fingerprint density at radius 1 is 0.921 bits per heavy atom. The molecule has 2 aromatic carbocycles. The summed E-state index contributed by atoms with van der Waals surface area (Å²) < 4.78 is 21.3. The summed E-state index contributed by atoms with van der Waals surface area (Å²) in [6, 6.07) is 15.1. The topological polar surface area (TPSA) is 112 Å². The van der Waals surface area contributed by atoms with Gasteiger partial charge in [-0.25, -0.2) is 9.59 Å². The molecule has 0 aromatic heterocycles. The SMILES string of the molecule is COCCOCCNC(=O)CC[C@H](NC(=O)OCC1c2ccccc2-c2ccccc21)C(=O)OC(C)(C)C. The second kappa shape index (κ2) is 13.9. The first-order valence-corrected chi connectivity index (χ1v) is 12.9. The van der Waals surface area contributed by atoms with Crippen molar-refractivity contribution in [1.82, 2.24) is 10.6 Å². The van der Waals surface area contributed by atoms with E-state index < -0.39 is 23.7 Å². The second-order valence-corrected chi connectivity index (χ2v) is 10.0. The predicted octanol–water partition coefficient (Wildman–Crippen LogP) is 3.79. The molecule has 0 saturated heterocycles. The Morgan fingerprint density at radius 3 is 2.16 bits per heavy atom. The van der Waals surface area contributed by atoms with E-state index in [2.05, 4.69) is 22.8 Å². The summed E-state index contributed by atoms with van der Waals surface area (Å²) in [6.45, 7) is 6.94. The molecule has 0 bridgehead atoms. The molecule has 0 saturated carbocycles.